The molecule has 0 N–H and O–H groups in total. The number of rotatable bonds is 14. The van der Waals surface area contributed by atoms with Crippen molar-refractivity contribution in [2.75, 3.05) is 20.3 Å². The van der Waals surface area contributed by atoms with Crippen LogP contribution in [-0.2, 0) is 0 Å². The average Bonchev–Trinajstić information content (AvgIpc) is 3.79. The van der Waals surface area contributed by atoms with Gasteiger partial charge in [0.05, 0.1) is 30.5 Å². The van der Waals surface area contributed by atoms with E-state index in [4.69, 9.17) is 19.3 Å². The molecular weight excluding hydrogens is 611 g/mol. The van der Waals surface area contributed by atoms with Crippen LogP contribution in [-0.4, -0.2) is 44.7 Å². The van der Waals surface area contributed by atoms with Gasteiger partial charge in [0.25, 0.3) is 5.56 Å². The molecule has 6 aromatic rings. The molecule has 0 saturated carbocycles. The lowest BCUT2D eigenvalue weighted by molar-refractivity contribution is 0.288. The first-order valence-corrected chi connectivity index (χ1v) is 16.7. The van der Waals surface area contributed by atoms with Gasteiger partial charge in [0.1, 0.15) is 11.4 Å². The van der Waals surface area contributed by atoms with E-state index in [1.807, 2.05) is 95.8 Å². The van der Waals surface area contributed by atoms with E-state index in [0.717, 1.165) is 59.5 Å². The van der Waals surface area contributed by atoms with Gasteiger partial charge in [-0.25, -0.2) is 4.68 Å². The fraction of sp³-hybridized carbons (Fsp3) is 0.243. The van der Waals surface area contributed by atoms with Gasteiger partial charge in [0.15, 0.2) is 17.3 Å². The number of ether oxygens (including phenoxy) is 3. The Morgan fingerprint density at radius 1 is 0.851 bits per heavy atom. The Bertz CT molecular complexity index is 2100. The van der Waals surface area contributed by atoms with Crippen LogP contribution in [0.2, 0.25) is 0 Å². The Labute approximate surface area is 277 Å². The van der Waals surface area contributed by atoms with Gasteiger partial charge >= 0.3 is 0 Å². The number of benzene rings is 3. The zero-order valence-corrected chi connectivity index (χ0v) is 27.6. The van der Waals surface area contributed by atoms with Gasteiger partial charge in [-0.2, -0.15) is 14.6 Å². The third kappa shape index (κ3) is 7.44. The van der Waals surface area contributed by atoms with Gasteiger partial charge < -0.3 is 14.2 Å². The number of nitrogens with zero attached hydrogens (tertiary/aromatic N) is 5. The summed E-state index contributed by atoms with van der Waals surface area (Å²) in [4.78, 5) is 18.6. The molecule has 3 heterocycles. The largest absolute Gasteiger partial charge is 0.494 e. The predicted molar refractivity (Wildman–Crippen MR) is 188 cm³/mol. The van der Waals surface area contributed by atoms with Crippen molar-refractivity contribution in [2.45, 2.75) is 39.5 Å². The normalized spacial score (nSPS) is 11.9. The third-order valence-corrected chi connectivity index (χ3v) is 8.45. The molecule has 0 spiro atoms. The van der Waals surface area contributed by atoms with Crippen LogP contribution in [0.15, 0.2) is 83.8 Å². The first-order valence-electron chi connectivity index (χ1n) is 15.8. The second kappa shape index (κ2) is 14.9. The number of methoxy groups -OCH3 is 1. The molecule has 0 fully saturated rings. The van der Waals surface area contributed by atoms with Crippen molar-refractivity contribution in [3.8, 4) is 34.2 Å². The van der Waals surface area contributed by atoms with Gasteiger partial charge in [-0.3, -0.25) is 4.79 Å². The van der Waals surface area contributed by atoms with Gasteiger partial charge in [-0.15, -0.1) is 5.10 Å². The molecule has 0 unspecified atom stereocenters. The van der Waals surface area contributed by atoms with Crippen molar-refractivity contribution in [1.82, 2.24) is 24.4 Å². The smallest absolute Gasteiger partial charge is 0.291 e. The van der Waals surface area contributed by atoms with Gasteiger partial charge in [-0.05, 0) is 67.0 Å². The lowest BCUT2D eigenvalue weighted by atomic mass is 10.1. The molecule has 47 heavy (non-hydrogen) atoms. The van der Waals surface area contributed by atoms with E-state index < -0.39 is 0 Å². The van der Waals surface area contributed by atoms with E-state index in [2.05, 4.69) is 23.9 Å². The van der Waals surface area contributed by atoms with Crippen molar-refractivity contribution in [2.24, 2.45) is 0 Å². The van der Waals surface area contributed by atoms with Crippen LogP contribution in [0.1, 0.15) is 56.5 Å². The summed E-state index contributed by atoms with van der Waals surface area (Å²) in [6, 6.07) is 23.6. The summed E-state index contributed by atoms with van der Waals surface area (Å²) in [6.45, 7) is 5.57. The number of fused-ring (bicyclic) bond motifs is 1. The number of hydrogen-bond acceptors (Lipinski definition) is 8. The average molecular weight is 648 g/mol. The van der Waals surface area contributed by atoms with Crippen molar-refractivity contribution in [3.05, 3.63) is 111 Å². The highest BCUT2D eigenvalue weighted by molar-refractivity contribution is 7.15. The van der Waals surface area contributed by atoms with Crippen molar-refractivity contribution < 1.29 is 14.2 Å². The molecule has 0 aliphatic heterocycles. The first-order chi connectivity index (χ1) is 23.1. The predicted octanol–water partition coefficient (Wildman–Crippen LogP) is 7.09. The topological polar surface area (TPSA) is 92.8 Å². The number of thiazole rings is 1. The highest BCUT2D eigenvalue weighted by atomic mass is 32.1. The van der Waals surface area contributed by atoms with E-state index in [9.17, 15) is 4.79 Å². The van der Waals surface area contributed by atoms with E-state index in [1.165, 1.54) is 15.9 Å². The monoisotopic (exact) mass is 647 g/mol. The zero-order chi connectivity index (χ0) is 32.6. The van der Waals surface area contributed by atoms with Crippen LogP contribution in [0.25, 0.3) is 40.1 Å². The van der Waals surface area contributed by atoms with Gasteiger partial charge in [0, 0.05) is 17.3 Å². The minimum absolute atomic E-state index is 0.234. The van der Waals surface area contributed by atoms with Gasteiger partial charge in [0.2, 0.25) is 4.96 Å². The van der Waals surface area contributed by atoms with Gasteiger partial charge in [-0.1, -0.05) is 80.5 Å². The van der Waals surface area contributed by atoms with Crippen LogP contribution in [0.4, 0.5) is 0 Å². The van der Waals surface area contributed by atoms with Crippen LogP contribution >= 0.6 is 11.3 Å². The van der Waals surface area contributed by atoms with E-state index in [0.29, 0.717) is 40.0 Å². The summed E-state index contributed by atoms with van der Waals surface area (Å²) in [5.41, 5.74) is 4.04. The molecule has 0 aliphatic carbocycles. The fourth-order valence-corrected chi connectivity index (χ4v) is 5.87. The second-order valence-corrected chi connectivity index (χ2v) is 12.0. The summed E-state index contributed by atoms with van der Waals surface area (Å²) in [6.07, 6.45) is 11.6. The third-order valence-electron chi connectivity index (χ3n) is 7.49. The molecule has 0 atom stereocenters. The Morgan fingerprint density at radius 3 is 2.43 bits per heavy atom. The zero-order valence-electron chi connectivity index (χ0n) is 26.8. The first kappa shape index (κ1) is 31.7. The minimum atomic E-state index is -0.234. The SMILES string of the molecule is CCCCOc1cccc(-c2nn(-c3ccccc3)cc2/C=c2\sc3nc(/C=C/c4ccc(OCCCC)c(OC)c4)nn3c2=O)c1. The summed E-state index contributed by atoms with van der Waals surface area (Å²) < 4.78 is 21.0. The van der Waals surface area contributed by atoms with Crippen LogP contribution in [0.3, 0.4) is 0 Å². The molecule has 0 aliphatic rings. The Morgan fingerprint density at radius 2 is 1.66 bits per heavy atom. The standard InChI is InChI=1S/C37H37N5O4S/c1-4-6-20-45-30-15-11-12-27(23-30)35-28(25-41(40-35)29-13-9-8-10-14-29)24-33-36(43)42-37(47-33)38-34(39-42)19-17-26-16-18-31(32(22-26)44-3)46-21-7-5-2/h8-19,22-25H,4-7,20-21H2,1-3H3/b19-17+,33-24-. The molecule has 10 heteroatoms. The van der Waals surface area contributed by atoms with Crippen LogP contribution in [0.5, 0.6) is 17.2 Å². The maximum Gasteiger partial charge on any atom is 0.291 e. The summed E-state index contributed by atoms with van der Waals surface area (Å²) >= 11 is 1.29. The second-order valence-electron chi connectivity index (χ2n) is 11.0. The Balaban J connectivity index is 1.30. The molecule has 0 amide bonds. The highest BCUT2D eigenvalue weighted by Gasteiger charge is 2.15. The molecule has 0 saturated heterocycles. The number of aromatic nitrogens is 5. The lowest BCUT2D eigenvalue weighted by Gasteiger charge is -2.10. The quantitative estimate of drug-likeness (QED) is 0.117. The number of unbranched alkanes of at least 4 members (excludes halogenated alkanes) is 2. The van der Waals surface area contributed by atoms with E-state index >= 15 is 0 Å². The number of hydrogen-bond donors (Lipinski definition) is 0. The van der Waals surface area contributed by atoms with E-state index in [-0.39, 0.29) is 5.56 Å². The Hall–Kier alpha value is -5.22. The van der Waals surface area contributed by atoms with Crippen molar-refractivity contribution >= 4 is 34.5 Å². The highest BCUT2D eigenvalue weighted by Crippen LogP contribution is 2.30. The minimum Gasteiger partial charge on any atom is -0.494 e. The summed E-state index contributed by atoms with van der Waals surface area (Å²) in [5.74, 6) is 2.60. The summed E-state index contributed by atoms with van der Waals surface area (Å²) in [5, 5.41) is 9.41. The van der Waals surface area contributed by atoms with Crippen LogP contribution < -0.4 is 24.3 Å². The van der Waals surface area contributed by atoms with Crippen molar-refractivity contribution in [3.63, 3.8) is 0 Å². The van der Waals surface area contributed by atoms with Crippen molar-refractivity contribution in [1.29, 1.82) is 0 Å². The maximum absolute atomic E-state index is 13.5. The molecule has 9 nitrogen and oxygen atoms in total. The molecule has 0 bridgehead atoms. The maximum atomic E-state index is 13.5. The van der Waals surface area contributed by atoms with Crippen LogP contribution in [0, 0.1) is 0 Å². The summed E-state index contributed by atoms with van der Waals surface area (Å²) in [7, 11) is 1.63. The molecular formula is C37H37N5O4S. The number of para-hydroxylation sites is 1. The lowest BCUT2D eigenvalue weighted by Crippen LogP contribution is -2.23. The molecule has 3 aromatic heterocycles. The fourth-order valence-electron chi connectivity index (χ4n) is 4.96. The molecule has 0 radical (unpaired) electrons. The molecule has 3 aromatic carbocycles. The van der Waals surface area contributed by atoms with E-state index in [1.54, 1.807) is 13.2 Å². The molecule has 6 rings (SSSR count). The molecule has 240 valence electrons. The Kier molecular flexibility index (Phi) is 10.1.